The fraction of sp³-hybridized carbons (Fsp3) is 0.105. The van der Waals surface area contributed by atoms with Crippen LogP contribution in [0.1, 0.15) is 11.1 Å². The number of nitro benzene ring substituents is 1. The minimum atomic E-state index is -0.416. The summed E-state index contributed by atoms with van der Waals surface area (Å²) in [7, 11) is 0. The predicted molar refractivity (Wildman–Crippen MR) is 107 cm³/mol. The van der Waals surface area contributed by atoms with Gasteiger partial charge in [0.05, 0.1) is 4.92 Å². The molecule has 0 aliphatic rings. The van der Waals surface area contributed by atoms with E-state index >= 15 is 0 Å². The lowest BCUT2D eigenvalue weighted by atomic mass is 9.96. The molecule has 1 N–H and O–H groups in total. The van der Waals surface area contributed by atoms with Crippen LogP contribution in [0.25, 0.3) is 11.1 Å². The Morgan fingerprint density at radius 2 is 1.77 bits per heavy atom. The highest BCUT2D eigenvalue weighted by molar-refractivity contribution is 8.00. The van der Waals surface area contributed by atoms with Gasteiger partial charge in [-0.1, -0.05) is 35.9 Å². The number of hydrogen-bond donors (Lipinski definition) is 1. The molecule has 1 aromatic heterocycles. The van der Waals surface area contributed by atoms with Gasteiger partial charge in [-0.05, 0) is 66.2 Å². The molecule has 0 aliphatic heterocycles. The maximum atomic E-state index is 10.9. The lowest BCUT2D eigenvalue weighted by Crippen LogP contribution is -1.95. The Morgan fingerprint density at radius 3 is 2.46 bits per heavy atom. The molecule has 7 heteroatoms. The summed E-state index contributed by atoms with van der Waals surface area (Å²) in [6.07, 6.45) is 0. The number of nitro groups is 1. The summed E-state index contributed by atoms with van der Waals surface area (Å²) < 4.78 is 3.12. The number of rotatable bonds is 5. The SMILES string of the molecule is Cc1cccc(C)c1-c1cc(Cl)nc(NSc2cccc([N+](=O)[O-])c2)c1. The Hall–Kier alpha value is -2.57. The first-order valence-electron chi connectivity index (χ1n) is 7.85. The number of benzene rings is 2. The minimum absolute atomic E-state index is 0.0482. The number of pyridine rings is 1. The number of hydrogen-bond acceptors (Lipinski definition) is 5. The molecule has 0 saturated heterocycles. The summed E-state index contributed by atoms with van der Waals surface area (Å²) in [6, 6.07) is 16.3. The summed E-state index contributed by atoms with van der Waals surface area (Å²) in [4.78, 5) is 15.5. The van der Waals surface area contributed by atoms with Crippen LogP contribution in [0.4, 0.5) is 11.5 Å². The molecule has 132 valence electrons. The molecular formula is C19H16ClN3O2S. The van der Waals surface area contributed by atoms with Gasteiger partial charge in [0.2, 0.25) is 0 Å². The van der Waals surface area contributed by atoms with Crippen LogP contribution in [-0.4, -0.2) is 9.91 Å². The largest absolute Gasteiger partial charge is 0.310 e. The van der Waals surface area contributed by atoms with E-state index in [0.29, 0.717) is 11.0 Å². The third kappa shape index (κ3) is 4.15. The van der Waals surface area contributed by atoms with E-state index in [-0.39, 0.29) is 5.69 Å². The second-order valence-corrected chi connectivity index (χ2v) is 7.06. The summed E-state index contributed by atoms with van der Waals surface area (Å²) in [5.74, 6) is 0.589. The van der Waals surface area contributed by atoms with Crippen LogP contribution in [0, 0.1) is 24.0 Å². The van der Waals surface area contributed by atoms with Crippen molar-refractivity contribution in [1.82, 2.24) is 4.98 Å². The molecule has 26 heavy (non-hydrogen) atoms. The van der Waals surface area contributed by atoms with Crippen molar-refractivity contribution in [3.63, 3.8) is 0 Å². The Morgan fingerprint density at radius 1 is 1.08 bits per heavy atom. The molecular weight excluding hydrogens is 370 g/mol. The smallest absolute Gasteiger partial charge is 0.270 e. The fourth-order valence-corrected chi connectivity index (χ4v) is 3.60. The first-order chi connectivity index (χ1) is 12.4. The van der Waals surface area contributed by atoms with E-state index < -0.39 is 4.92 Å². The zero-order valence-electron chi connectivity index (χ0n) is 14.2. The van der Waals surface area contributed by atoms with Crippen LogP contribution >= 0.6 is 23.5 Å². The van der Waals surface area contributed by atoms with Gasteiger partial charge in [0.1, 0.15) is 11.0 Å². The van der Waals surface area contributed by atoms with Gasteiger partial charge < -0.3 is 4.72 Å². The second kappa shape index (κ2) is 7.76. The van der Waals surface area contributed by atoms with Gasteiger partial charge in [0.25, 0.3) is 5.69 Å². The monoisotopic (exact) mass is 385 g/mol. The highest BCUT2D eigenvalue weighted by Crippen LogP contribution is 2.32. The molecule has 3 aromatic rings. The molecule has 0 saturated carbocycles. The summed E-state index contributed by atoms with van der Waals surface area (Å²) in [5, 5.41) is 11.3. The average Bonchev–Trinajstić information content (AvgIpc) is 2.60. The van der Waals surface area contributed by atoms with Crippen LogP contribution in [0.15, 0.2) is 59.5 Å². The third-order valence-electron chi connectivity index (χ3n) is 3.87. The number of aryl methyl sites for hydroxylation is 2. The van der Waals surface area contributed by atoms with Gasteiger partial charge >= 0.3 is 0 Å². The van der Waals surface area contributed by atoms with E-state index in [0.717, 1.165) is 27.1 Å². The molecule has 5 nitrogen and oxygen atoms in total. The van der Waals surface area contributed by atoms with Crippen LogP contribution in [0.5, 0.6) is 0 Å². The van der Waals surface area contributed by atoms with Gasteiger partial charge in [-0.15, -0.1) is 0 Å². The Bertz CT molecular complexity index is 958. The van der Waals surface area contributed by atoms with Crippen molar-refractivity contribution in [2.45, 2.75) is 18.7 Å². The zero-order chi connectivity index (χ0) is 18.7. The van der Waals surface area contributed by atoms with Crippen molar-refractivity contribution in [3.05, 3.63) is 81.0 Å². The van der Waals surface area contributed by atoms with E-state index in [4.69, 9.17) is 11.6 Å². The normalized spacial score (nSPS) is 10.6. The maximum Gasteiger partial charge on any atom is 0.270 e. The first kappa shape index (κ1) is 18.2. The van der Waals surface area contributed by atoms with Crippen LogP contribution < -0.4 is 4.72 Å². The molecule has 0 fully saturated rings. The standard InChI is InChI=1S/C19H16ClN3O2S/c1-12-5-3-6-13(2)19(12)14-9-17(20)21-18(10-14)22-26-16-8-4-7-15(11-16)23(24)25/h3-11H,1-2H3,(H,21,22). The topological polar surface area (TPSA) is 68.1 Å². The number of nitrogens with zero attached hydrogens (tertiary/aromatic N) is 2. The van der Waals surface area contributed by atoms with Crippen molar-refractivity contribution in [2.24, 2.45) is 0 Å². The molecule has 1 heterocycles. The van der Waals surface area contributed by atoms with Crippen LogP contribution in [0.2, 0.25) is 5.15 Å². The first-order valence-corrected chi connectivity index (χ1v) is 9.05. The van der Waals surface area contributed by atoms with Crippen LogP contribution in [0.3, 0.4) is 0 Å². The van der Waals surface area contributed by atoms with Crippen molar-refractivity contribution >= 4 is 35.1 Å². The van der Waals surface area contributed by atoms with E-state index in [1.165, 1.54) is 24.1 Å². The summed E-state index contributed by atoms with van der Waals surface area (Å²) in [6.45, 7) is 4.11. The third-order valence-corrected chi connectivity index (χ3v) is 4.86. The minimum Gasteiger partial charge on any atom is -0.310 e. The summed E-state index contributed by atoms with van der Waals surface area (Å²) in [5.41, 5.74) is 4.46. The Labute approximate surface area is 160 Å². The predicted octanol–water partition coefficient (Wildman–Crippen LogP) is 6.05. The van der Waals surface area contributed by atoms with Gasteiger partial charge in [0.15, 0.2) is 0 Å². The van der Waals surface area contributed by atoms with E-state index in [1.54, 1.807) is 12.1 Å². The maximum absolute atomic E-state index is 10.9. The number of anilines is 1. The lowest BCUT2D eigenvalue weighted by molar-refractivity contribution is -0.385. The molecule has 0 bridgehead atoms. The molecule has 0 atom stereocenters. The number of nitrogens with one attached hydrogen (secondary N) is 1. The molecule has 0 aliphatic carbocycles. The highest BCUT2D eigenvalue weighted by atomic mass is 35.5. The number of non-ortho nitro benzene ring substituents is 1. The number of aromatic nitrogens is 1. The Kier molecular flexibility index (Phi) is 5.44. The van der Waals surface area contributed by atoms with E-state index in [2.05, 4.69) is 35.7 Å². The van der Waals surface area contributed by atoms with Gasteiger partial charge in [-0.25, -0.2) is 4.98 Å². The van der Waals surface area contributed by atoms with Crippen molar-refractivity contribution in [1.29, 1.82) is 0 Å². The van der Waals surface area contributed by atoms with Gasteiger partial charge in [0, 0.05) is 17.0 Å². The second-order valence-electron chi connectivity index (χ2n) is 5.79. The molecule has 0 unspecified atom stereocenters. The quantitative estimate of drug-likeness (QED) is 0.251. The fourth-order valence-electron chi connectivity index (χ4n) is 2.74. The van der Waals surface area contributed by atoms with Gasteiger partial charge in [-0.3, -0.25) is 10.1 Å². The molecule has 0 radical (unpaired) electrons. The lowest BCUT2D eigenvalue weighted by Gasteiger charge is -2.12. The molecule has 0 spiro atoms. The Balaban J connectivity index is 1.87. The average molecular weight is 386 g/mol. The highest BCUT2D eigenvalue weighted by Gasteiger charge is 2.10. The summed E-state index contributed by atoms with van der Waals surface area (Å²) >= 11 is 7.45. The molecule has 3 rings (SSSR count). The van der Waals surface area contributed by atoms with Crippen molar-refractivity contribution in [2.75, 3.05) is 4.72 Å². The van der Waals surface area contributed by atoms with E-state index in [9.17, 15) is 10.1 Å². The number of halogens is 1. The van der Waals surface area contributed by atoms with Crippen LogP contribution in [-0.2, 0) is 0 Å². The van der Waals surface area contributed by atoms with E-state index in [1.807, 2.05) is 18.2 Å². The molecule has 2 aromatic carbocycles. The van der Waals surface area contributed by atoms with Gasteiger partial charge in [-0.2, -0.15) is 0 Å². The van der Waals surface area contributed by atoms with Crippen molar-refractivity contribution in [3.8, 4) is 11.1 Å². The van der Waals surface area contributed by atoms with Crippen molar-refractivity contribution < 1.29 is 4.92 Å². The zero-order valence-corrected chi connectivity index (χ0v) is 15.8. The molecule has 0 amide bonds.